The van der Waals surface area contributed by atoms with E-state index in [4.69, 9.17) is 0 Å². The Balaban J connectivity index is 1.54. The molecule has 1 amide bonds. The number of anilines is 1. The number of benzene rings is 3. The van der Waals surface area contributed by atoms with Crippen molar-refractivity contribution in [1.29, 1.82) is 0 Å². The number of aromatic amines is 1. The first kappa shape index (κ1) is 18.0. The van der Waals surface area contributed by atoms with E-state index in [1.54, 1.807) is 0 Å². The Morgan fingerprint density at radius 2 is 1.68 bits per heavy atom. The molecule has 4 aromatic rings. The van der Waals surface area contributed by atoms with E-state index in [0.29, 0.717) is 12.3 Å². The van der Waals surface area contributed by atoms with Crippen molar-refractivity contribution in [2.45, 2.75) is 26.2 Å². The van der Waals surface area contributed by atoms with E-state index in [1.807, 2.05) is 60.7 Å². The average molecular weight is 369 g/mol. The fourth-order valence-corrected chi connectivity index (χ4v) is 3.28. The molecule has 0 fully saturated rings. The lowest BCUT2D eigenvalue weighted by molar-refractivity contribution is -0.115. The van der Waals surface area contributed by atoms with Gasteiger partial charge >= 0.3 is 0 Å². The molecule has 4 nitrogen and oxygen atoms in total. The maximum absolute atomic E-state index is 12.6. The summed E-state index contributed by atoms with van der Waals surface area (Å²) in [6, 6.07) is 23.9. The third-order valence-corrected chi connectivity index (χ3v) is 4.86. The number of nitrogens with zero attached hydrogens (tertiary/aromatic N) is 1. The number of carbonyl (C=O) groups is 1. The van der Waals surface area contributed by atoms with Gasteiger partial charge in [-0.05, 0) is 41.3 Å². The van der Waals surface area contributed by atoms with Gasteiger partial charge in [0.2, 0.25) is 5.91 Å². The highest BCUT2D eigenvalue weighted by Crippen LogP contribution is 2.27. The molecule has 0 unspecified atom stereocenters. The van der Waals surface area contributed by atoms with Gasteiger partial charge in [0.05, 0.1) is 23.1 Å². The first-order valence-corrected chi connectivity index (χ1v) is 9.53. The summed E-state index contributed by atoms with van der Waals surface area (Å²) in [5.74, 6) is 1.19. The first-order valence-electron chi connectivity index (χ1n) is 9.53. The molecule has 28 heavy (non-hydrogen) atoms. The van der Waals surface area contributed by atoms with Crippen LogP contribution in [0.3, 0.4) is 0 Å². The van der Waals surface area contributed by atoms with Crippen LogP contribution in [0.25, 0.3) is 22.4 Å². The van der Waals surface area contributed by atoms with Crippen LogP contribution in [0.2, 0.25) is 0 Å². The molecule has 0 aliphatic heterocycles. The molecule has 4 rings (SSSR count). The van der Waals surface area contributed by atoms with Gasteiger partial charge < -0.3 is 10.3 Å². The summed E-state index contributed by atoms with van der Waals surface area (Å²) in [6.45, 7) is 4.33. The lowest BCUT2D eigenvalue weighted by atomic mass is 10.0. The minimum absolute atomic E-state index is 0.0409. The topological polar surface area (TPSA) is 57.8 Å². The number of aromatic nitrogens is 2. The molecule has 4 heteroatoms. The van der Waals surface area contributed by atoms with Crippen molar-refractivity contribution >= 4 is 22.6 Å². The predicted octanol–water partition coefficient (Wildman–Crippen LogP) is 5.53. The van der Waals surface area contributed by atoms with Crippen LogP contribution >= 0.6 is 0 Å². The number of rotatable bonds is 5. The molecule has 0 spiro atoms. The van der Waals surface area contributed by atoms with E-state index in [1.165, 1.54) is 5.56 Å². The summed E-state index contributed by atoms with van der Waals surface area (Å²) < 4.78 is 0. The van der Waals surface area contributed by atoms with Crippen molar-refractivity contribution < 1.29 is 4.79 Å². The Morgan fingerprint density at radius 1 is 0.964 bits per heavy atom. The van der Waals surface area contributed by atoms with Crippen LogP contribution in [-0.2, 0) is 11.2 Å². The molecular weight excluding hydrogens is 346 g/mol. The molecule has 0 bridgehead atoms. The van der Waals surface area contributed by atoms with Crippen LogP contribution < -0.4 is 5.32 Å². The summed E-state index contributed by atoms with van der Waals surface area (Å²) in [5, 5.41) is 3.04. The van der Waals surface area contributed by atoms with Crippen molar-refractivity contribution in [2.75, 3.05) is 5.32 Å². The largest absolute Gasteiger partial charge is 0.338 e. The van der Waals surface area contributed by atoms with E-state index in [9.17, 15) is 4.79 Å². The second kappa shape index (κ2) is 7.69. The van der Waals surface area contributed by atoms with Gasteiger partial charge in [-0.3, -0.25) is 4.79 Å². The molecule has 140 valence electrons. The Morgan fingerprint density at radius 3 is 2.43 bits per heavy atom. The summed E-state index contributed by atoms with van der Waals surface area (Å²) in [5.41, 5.74) is 5.79. The normalized spacial score (nSPS) is 11.1. The standard InChI is InChI=1S/C24H23N3O/c1-16(2)18-13-11-17(12-14-18)15-23(28)25-20-8-4-3-7-19(20)24-26-21-9-5-6-10-22(21)27-24/h3-14,16H,15H2,1-2H3,(H,25,28)(H,26,27). The Labute approximate surface area is 164 Å². The molecule has 3 aromatic carbocycles. The second-order valence-electron chi connectivity index (χ2n) is 7.27. The second-order valence-corrected chi connectivity index (χ2v) is 7.27. The van der Waals surface area contributed by atoms with Crippen molar-refractivity contribution in [3.8, 4) is 11.4 Å². The molecule has 0 radical (unpaired) electrons. The van der Waals surface area contributed by atoms with Gasteiger partial charge in [0.1, 0.15) is 5.82 Å². The molecular formula is C24H23N3O. The van der Waals surface area contributed by atoms with E-state index in [0.717, 1.165) is 33.7 Å². The van der Waals surface area contributed by atoms with Crippen LogP contribution in [0.1, 0.15) is 30.9 Å². The molecule has 2 N–H and O–H groups in total. The summed E-state index contributed by atoms with van der Waals surface area (Å²) >= 11 is 0. The lowest BCUT2D eigenvalue weighted by Gasteiger charge is -2.10. The Hall–Kier alpha value is -3.40. The van der Waals surface area contributed by atoms with Gasteiger partial charge in [-0.2, -0.15) is 0 Å². The van der Waals surface area contributed by atoms with Crippen LogP contribution in [0.5, 0.6) is 0 Å². The Kier molecular flexibility index (Phi) is 4.94. The van der Waals surface area contributed by atoms with Crippen molar-refractivity contribution in [1.82, 2.24) is 9.97 Å². The highest BCUT2D eigenvalue weighted by molar-refractivity contribution is 5.96. The Bertz CT molecular complexity index is 1080. The molecule has 1 aromatic heterocycles. The van der Waals surface area contributed by atoms with Crippen molar-refractivity contribution in [3.05, 3.63) is 83.9 Å². The maximum atomic E-state index is 12.6. The zero-order chi connectivity index (χ0) is 19.5. The SMILES string of the molecule is CC(C)c1ccc(CC(=O)Nc2ccccc2-c2nc3ccccc3[nH]2)cc1. The number of amides is 1. The molecule has 1 heterocycles. The number of imidazole rings is 1. The number of fused-ring (bicyclic) bond motifs is 1. The molecule has 0 aliphatic carbocycles. The zero-order valence-corrected chi connectivity index (χ0v) is 16.1. The monoisotopic (exact) mass is 369 g/mol. The molecule has 0 saturated heterocycles. The number of para-hydroxylation sites is 3. The number of carbonyl (C=O) groups excluding carboxylic acids is 1. The highest BCUT2D eigenvalue weighted by Gasteiger charge is 2.12. The van der Waals surface area contributed by atoms with Gasteiger partial charge in [0.25, 0.3) is 0 Å². The minimum Gasteiger partial charge on any atom is -0.338 e. The zero-order valence-electron chi connectivity index (χ0n) is 16.1. The molecule has 0 saturated carbocycles. The number of nitrogens with one attached hydrogen (secondary N) is 2. The summed E-state index contributed by atoms with van der Waals surface area (Å²) in [4.78, 5) is 20.6. The quantitative estimate of drug-likeness (QED) is 0.486. The van der Waals surface area contributed by atoms with Gasteiger partial charge in [0, 0.05) is 5.56 Å². The number of hydrogen-bond acceptors (Lipinski definition) is 2. The molecule has 0 atom stereocenters. The van der Waals surface area contributed by atoms with Crippen molar-refractivity contribution in [2.24, 2.45) is 0 Å². The van der Waals surface area contributed by atoms with E-state index in [2.05, 4.69) is 41.3 Å². The van der Waals surface area contributed by atoms with Gasteiger partial charge in [-0.15, -0.1) is 0 Å². The third-order valence-electron chi connectivity index (χ3n) is 4.86. The van der Waals surface area contributed by atoms with Gasteiger partial charge in [0.15, 0.2) is 0 Å². The maximum Gasteiger partial charge on any atom is 0.228 e. The predicted molar refractivity (Wildman–Crippen MR) is 114 cm³/mol. The smallest absolute Gasteiger partial charge is 0.228 e. The van der Waals surface area contributed by atoms with E-state index >= 15 is 0 Å². The number of hydrogen-bond donors (Lipinski definition) is 2. The summed E-state index contributed by atoms with van der Waals surface area (Å²) in [6.07, 6.45) is 0.340. The fourth-order valence-electron chi connectivity index (χ4n) is 3.28. The fraction of sp³-hybridized carbons (Fsp3) is 0.167. The van der Waals surface area contributed by atoms with Crippen LogP contribution in [-0.4, -0.2) is 15.9 Å². The lowest BCUT2D eigenvalue weighted by Crippen LogP contribution is -2.15. The summed E-state index contributed by atoms with van der Waals surface area (Å²) in [7, 11) is 0. The average Bonchev–Trinajstić information content (AvgIpc) is 3.12. The van der Waals surface area contributed by atoms with Crippen LogP contribution in [0, 0.1) is 0 Å². The number of H-pyrrole nitrogens is 1. The highest BCUT2D eigenvalue weighted by atomic mass is 16.1. The van der Waals surface area contributed by atoms with E-state index in [-0.39, 0.29) is 5.91 Å². The van der Waals surface area contributed by atoms with Gasteiger partial charge in [-0.25, -0.2) is 4.98 Å². The van der Waals surface area contributed by atoms with Crippen LogP contribution in [0.15, 0.2) is 72.8 Å². The van der Waals surface area contributed by atoms with Gasteiger partial charge in [-0.1, -0.05) is 62.4 Å². The molecule has 0 aliphatic rings. The first-order chi connectivity index (χ1) is 13.6. The van der Waals surface area contributed by atoms with Crippen LogP contribution in [0.4, 0.5) is 5.69 Å². The van der Waals surface area contributed by atoms with Crippen molar-refractivity contribution in [3.63, 3.8) is 0 Å². The third kappa shape index (κ3) is 3.81. The minimum atomic E-state index is -0.0409. The van der Waals surface area contributed by atoms with E-state index < -0.39 is 0 Å².